The lowest BCUT2D eigenvalue weighted by Crippen LogP contribution is -2.19. The van der Waals surface area contributed by atoms with Gasteiger partial charge in [0.2, 0.25) is 0 Å². The third kappa shape index (κ3) is 10.7. The van der Waals surface area contributed by atoms with Crippen LogP contribution in [0.5, 0.6) is 17.2 Å². The molecule has 0 saturated heterocycles. The summed E-state index contributed by atoms with van der Waals surface area (Å²) in [5, 5.41) is 24.8. The summed E-state index contributed by atoms with van der Waals surface area (Å²) in [7, 11) is 0. The Hall–Kier alpha value is -4.78. The van der Waals surface area contributed by atoms with Crippen molar-refractivity contribution < 1.29 is 34.0 Å². The van der Waals surface area contributed by atoms with Gasteiger partial charge in [-0.25, -0.2) is 4.79 Å². The molecule has 318 valence electrons. The van der Waals surface area contributed by atoms with Gasteiger partial charge in [-0.1, -0.05) is 132 Å². The number of hydrogen-bond donors (Lipinski definition) is 2. The van der Waals surface area contributed by atoms with E-state index >= 15 is 0 Å². The van der Waals surface area contributed by atoms with E-state index in [9.17, 15) is 19.8 Å². The molecule has 0 radical (unpaired) electrons. The molecule has 2 N–H and O–H groups in total. The maximum absolute atomic E-state index is 13.4. The van der Waals surface area contributed by atoms with Gasteiger partial charge in [-0.3, -0.25) is 4.79 Å². The van der Waals surface area contributed by atoms with Crippen LogP contribution in [0.15, 0.2) is 48.5 Å². The lowest BCUT2D eigenvalue weighted by Gasteiger charge is -2.28. The SMILES string of the molecule is CCOC(=O)COc1c2cc(C(C)(C)C)cc1Cc1cc(C(C)(C)C)cc(c1O)Cc1cc(C(C)(C)C)cc(c1CC(=O)OCC)Cc1cc(C(C)(C)C)cc(c1O)C2. The second kappa shape index (κ2) is 17.1. The van der Waals surface area contributed by atoms with Gasteiger partial charge in [0, 0.05) is 25.7 Å². The fourth-order valence-corrected chi connectivity index (χ4v) is 7.84. The Morgan fingerprint density at radius 2 is 0.763 bits per heavy atom. The molecule has 0 heterocycles. The van der Waals surface area contributed by atoms with E-state index in [2.05, 4.69) is 132 Å². The summed E-state index contributed by atoms with van der Waals surface area (Å²) >= 11 is 0. The topological polar surface area (TPSA) is 102 Å². The number of hydrogen-bond acceptors (Lipinski definition) is 7. The van der Waals surface area contributed by atoms with Crippen LogP contribution >= 0.6 is 0 Å². The van der Waals surface area contributed by atoms with Crippen LogP contribution in [0.4, 0.5) is 0 Å². The van der Waals surface area contributed by atoms with E-state index in [4.69, 9.17) is 14.2 Å². The van der Waals surface area contributed by atoms with Crippen molar-refractivity contribution in [2.45, 2.75) is 151 Å². The van der Waals surface area contributed by atoms with Crippen LogP contribution in [0.3, 0.4) is 0 Å². The number of carbonyl (C=O) groups is 2. The molecule has 7 nitrogen and oxygen atoms in total. The third-order valence-corrected chi connectivity index (χ3v) is 11.5. The molecule has 5 rings (SSSR count). The van der Waals surface area contributed by atoms with Gasteiger partial charge in [0.05, 0.1) is 19.6 Å². The van der Waals surface area contributed by atoms with Gasteiger partial charge >= 0.3 is 11.9 Å². The summed E-state index contributed by atoms with van der Waals surface area (Å²) in [6, 6.07) is 17.0. The summed E-state index contributed by atoms with van der Waals surface area (Å²) in [6.45, 7) is 29.9. The number of ether oxygens (including phenoxy) is 3. The van der Waals surface area contributed by atoms with E-state index < -0.39 is 5.97 Å². The van der Waals surface area contributed by atoms with Crippen molar-refractivity contribution in [3.8, 4) is 17.2 Å². The molecule has 0 aromatic heterocycles. The quantitative estimate of drug-likeness (QED) is 0.158. The van der Waals surface area contributed by atoms with Crippen molar-refractivity contribution in [3.63, 3.8) is 0 Å². The van der Waals surface area contributed by atoms with Crippen molar-refractivity contribution in [1.29, 1.82) is 0 Å². The zero-order valence-electron chi connectivity index (χ0n) is 38.2. The standard InChI is InChI=1S/C52H68O7/c1-15-57-44(53)29-43-31-17-33-23-40(50(6,7)8)25-35(46(33)55)19-37-27-42(52(12,13)14)28-38(48(37)59-30-45(54)58-16-2)20-36-26-41(51(9,10)11)24-34(47(36)56)18-32(43)22-39(21-31)49(3,4)5/h21-28,55-56H,15-20,29-30H2,1-14H3. The Kier molecular flexibility index (Phi) is 13.1. The normalized spacial score (nSPS) is 13.5. The molecule has 4 aromatic carbocycles. The summed E-state index contributed by atoms with van der Waals surface area (Å²) in [4.78, 5) is 26.3. The van der Waals surface area contributed by atoms with Crippen molar-refractivity contribution in [1.82, 2.24) is 0 Å². The van der Waals surface area contributed by atoms with Gasteiger partial charge in [-0.05, 0) is 108 Å². The number of carbonyl (C=O) groups excluding carboxylic acids is 2. The molecule has 7 heteroatoms. The molecule has 0 amide bonds. The van der Waals surface area contributed by atoms with Gasteiger partial charge < -0.3 is 24.4 Å². The number of fused-ring (bicyclic) bond motifs is 8. The first-order valence-corrected chi connectivity index (χ1v) is 21.3. The second-order valence-corrected chi connectivity index (χ2v) is 20.5. The smallest absolute Gasteiger partial charge is 0.344 e. The lowest BCUT2D eigenvalue weighted by molar-refractivity contribution is -0.145. The van der Waals surface area contributed by atoms with Gasteiger partial charge in [0.1, 0.15) is 17.2 Å². The Balaban J connectivity index is 1.95. The summed E-state index contributed by atoms with van der Waals surface area (Å²) in [6.07, 6.45) is 1.43. The molecule has 0 unspecified atom stereocenters. The second-order valence-electron chi connectivity index (χ2n) is 20.5. The van der Waals surface area contributed by atoms with Gasteiger partial charge in [-0.15, -0.1) is 0 Å². The van der Waals surface area contributed by atoms with E-state index in [1.807, 2.05) is 6.92 Å². The molecule has 0 atom stereocenters. The molecule has 0 fully saturated rings. The summed E-state index contributed by atoms with van der Waals surface area (Å²) < 4.78 is 17.4. The Morgan fingerprint density at radius 3 is 1.08 bits per heavy atom. The van der Waals surface area contributed by atoms with Crippen LogP contribution in [0, 0.1) is 0 Å². The predicted octanol–water partition coefficient (Wildman–Crippen LogP) is 11.0. The summed E-state index contributed by atoms with van der Waals surface area (Å²) in [5.74, 6) is 0.121. The fraction of sp³-hybridized carbons (Fsp3) is 0.500. The van der Waals surface area contributed by atoms with Gasteiger partial charge in [-0.2, -0.15) is 0 Å². The monoisotopic (exact) mass is 804 g/mol. The Labute approximate surface area is 353 Å². The molecule has 1 aliphatic rings. The van der Waals surface area contributed by atoms with Crippen molar-refractivity contribution in [2.24, 2.45) is 0 Å². The molecule has 0 spiro atoms. The number of phenols is 2. The molecule has 8 bridgehead atoms. The van der Waals surface area contributed by atoms with E-state index in [-0.39, 0.29) is 65.4 Å². The minimum absolute atomic E-state index is 0.0589. The molecule has 4 aromatic rings. The van der Waals surface area contributed by atoms with Crippen LogP contribution < -0.4 is 4.74 Å². The number of phenolic OH excluding ortho intramolecular Hbond substituents is 2. The van der Waals surface area contributed by atoms with Crippen molar-refractivity contribution in [2.75, 3.05) is 19.8 Å². The maximum Gasteiger partial charge on any atom is 0.344 e. The average Bonchev–Trinajstić information content (AvgIpc) is 3.10. The largest absolute Gasteiger partial charge is 0.507 e. The zero-order valence-corrected chi connectivity index (χ0v) is 38.2. The van der Waals surface area contributed by atoms with Crippen LogP contribution in [-0.2, 0) is 72.8 Å². The highest BCUT2D eigenvalue weighted by molar-refractivity contribution is 5.74. The van der Waals surface area contributed by atoms with E-state index in [1.54, 1.807) is 6.92 Å². The zero-order chi connectivity index (χ0) is 43.8. The number of esters is 2. The summed E-state index contributed by atoms with van der Waals surface area (Å²) in [5.41, 5.74) is 10.6. The van der Waals surface area contributed by atoms with Crippen LogP contribution in [0.25, 0.3) is 0 Å². The van der Waals surface area contributed by atoms with E-state index in [0.29, 0.717) is 31.4 Å². The first-order chi connectivity index (χ1) is 27.3. The van der Waals surface area contributed by atoms with E-state index in [0.717, 1.165) is 72.3 Å². The molecular weight excluding hydrogens is 737 g/mol. The lowest BCUT2D eigenvalue weighted by atomic mass is 9.78. The van der Waals surface area contributed by atoms with E-state index in [1.165, 1.54) is 0 Å². The number of benzene rings is 4. The number of aromatic hydroxyl groups is 2. The minimum Gasteiger partial charge on any atom is -0.507 e. The van der Waals surface area contributed by atoms with Crippen LogP contribution in [0.2, 0.25) is 0 Å². The first-order valence-electron chi connectivity index (χ1n) is 21.3. The van der Waals surface area contributed by atoms with Crippen LogP contribution in [-0.4, -0.2) is 42.0 Å². The molecular formula is C52H68O7. The Morgan fingerprint density at radius 1 is 0.475 bits per heavy atom. The minimum atomic E-state index is -0.472. The van der Waals surface area contributed by atoms with Crippen LogP contribution in [0.1, 0.15) is 169 Å². The molecule has 0 saturated carbocycles. The first kappa shape index (κ1) is 45.3. The highest BCUT2D eigenvalue weighted by atomic mass is 16.6. The van der Waals surface area contributed by atoms with Crippen molar-refractivity contribution >= 4 is 11.9 Å². The van der Waals surface area contributed by atoms with Gasteiger partial charge in [0.25, 0.3) is 0 Å². The highest BCUT2D eigenvalue weighted by Crippen LogP contribution is 2.42. The molecule has 59 heavy (non-hydrogen) atoms. The predicted molar refractivity (Wildman–Crippen MR) is 238 cm³/mol. The third-order valence-electron chi connectivity index (χ3n) is 11.5. The molecule has 1 aliphatic carbocycles. The molecule has 0 aliphatic heterocycles. The van der Waals surface area contributed by atoms with Crippen molar-refractivity contribution in [3.05, 3.63) is 121 Å². The fourth-order valence-electron chi connectivity index (χ4n) is 7.84. The van der Waals surface area contributed by atoms with Gasteiger partial charge in [0.15, 0.2) is 6.61 Å². The average molecular weight is 805 g/mol. The maximum atomic E-state index is 13.4. The highest BCUT2D eigenvalue weighted by Gasteiger charge is 2.29. The Bertz CT molecular complexity index is 2100. The number of rotatable bonds is 7.